The summed E-state index contributed by atoms with van der Waals surface area (Å²) < 4.78 is 0. The summed E-state index contributed by atoms with van der Waals surface area (Å²) in [6.07, 6.45) is 6.34. The van der Waals surface area contributed by atoms with Gasteiger partial charge in [-0.1, -0.05) is 78.1 Å². The highest BCUT2D eigenvalue weighted by Gasteiger charge is 2.35. The molecule has 0 fully saturated rings. The van der Waals surface area contributed by atoms with Crippen LogP contribution in [-0.4, -0.2) is 182 Å². The van der Waals surface area contributed by atoms with Crippen LogP contribution in [0.3, 0.4) is 0 Å². The van der Waals surface area contributed by atoms with Gasteiger partial charge in [0.2, 0.25) is 53.2 Å². The Kier molecular flexibility index (Phi) is 34.6. The summed E-state index contributed by atoms with van der Waals surface area (Å²) in [7, 11) is 0. The molecule has 0 aliphatic rings. The quantitative estimate of drug-likeness (QED) is 0.0261. The zero-order valence-electron chi connectivity index (χ0n) is 42.3. The van der Waals surface area contributed by atoms with E-state index in [0.717, 1.165) is 32.6 Å². The van der Waals surface area contributed by atoms with Crippen LogP contribution in [0.25, 0.3) is 0 Å². The lowest BCUT2D eigenvalue weighted by Crippen LogP contribution is -2.61. The molecule has 0 aromatic rings. The minimum Gasteiger partial charge on any atom is -0.481 e. The van der Waals surface area contributed by atoms with E-state index in [9.17, 15) is 83.4 Å². The molecular formula is C46H81N9O18. The van der Waals surface area contributed by atoms with Crippen molar-refractivity contribution >= 4 is 65.1 Å². The van der Waals surface area contributed by atoms with E-state index in [-0.39, 0.29) is 12.3 Å². The average molecular weight is 1050 g/mol. The third kappa shape index (κ3) is 29.3. The highest BCUT2D eigenvalue weighted by Crippen LogP contribution is 2.18. The summed E-state index contributed by atoms with van der Waals surface area (Å²) in [5, 5.41) is 85.4. The van der Waals surface area contributed by atoms with Gasteiger partial charge in [0.1, 0.15) is 42.3 Å². The molecule has 0 heterocycles. The molecule has 9 amide bonds. The van der Waals surface area contributed by atoms with Crippen molar-refractivity contribution < 1.29 is 88.5 Å². The van der Waals surface area contributed by atoms with E-state index >= 15 is 0 Å². The Bertz CT molecular complexity index is 1790. The molecule has 0 saturated carbocycles. The van der Waals surface area contributed by atoms with Crippen LogP contribution >= 0.6 is 0 Å². The Morgan fingerprint density at radius 2 is 0.986 bits per heavy atom. The first-order chi connectivity index (χ1) is 34.4. The van der Waals surface area contributed by atoms with Crippen LogP contribution in [0.2, 0.25) is 0 Å². The van der Waals surface area contributed by atoms with Crippen molar-refractivity contribution in [1.29, 1.82) is 0 Å². The molecule has 0 spiro atoms. The topological polar surface area (TPSA) is 452 Å². The Labute approximate surface area is 424 Å². The van der Waals surface area contributed by atoms with Gasteiger partial charge in [0.05, 0.1) is 38.2 Å². The molecule has 0 saturated heterocycles. The van der Waals surface area contributed by atoms with E-state index in [2.05, 4.69) is 28.2 Å². The van der Waals surface area contributed by atoms with E-state index in [1.807, 2.05) is 28.2 Å². The van der Waals surface area contributed by atoms with Gasteiger partial charge in [-0.2, -0.15) is 0 Å². The highest BCUT2D eigenvalue weighted by atomic mass is 16.4. The Morgan fingerprint density at radius 1 is 0.493 bits per heavy atom. The molecule has 73 heavy (non-hydrogen) atoms. The van der Waals surface area contributed by atoms with E-state index in [1.165, 1.54) is 45.4 Å². The zero-order valence-corrected chi connectivity index (χ0v) is 42.3. The minimum atomic E-state index is -1.91. The second-order valence-corrected chi connectivity index (χ2v) is 18.0. The second kappa shape index (κ2) is 37.7. The SMILES string of the molecule is CCCCCCCCCCCCC(C)C(O)CC(=O)N[C@@H](C)C(=O)N[C@@H](CCO)C(=O)N[C@@H](CCC(=O)O)C(=O)NCC(=O)N[C@@H](CO)C(=O)N[C@@H](CC(N)=O)C(=O)N[C@H](C(=O)N[C@@H](CCO)C(=O)O)[C@@H](C)O. The molecule has 27 heteroatoms. The van der Waals surface area contributed by atoms with Crippen molar-refractivity contribution in [2.75, 3.05) is 26.4 Å². The van der Waals surface area contributed by atoms with Crippen molar-refractivity contribution in [1.82, 2.24) is 42.5 Å². The summed E-state index contributed by atoms with van der Waals surface area (Å²) in [5.74, 6) is -13.0. The van der Waals surface area contributed by atoms with E-state index in [4.69, 9.17) is 10.8 Å². The third-order valence-electron chi connectivity index (χ3n) is 11.6. The minimum absolute atomic E-state index is 0.187. The number of primary amides is 1. The van der Waals surface area contributed by atoms with Gasteiger partial charge in [-0.25, -0.2) is 4.79 Å². The van der Waals surface area contributed by atoms with Crippen LogP contribution in [0.15, 0.2) is 0 Å². The molecule has 0 aliphatic carbocycles. The third-order valence-corrected chi connectivity index (χ3v) is 11.6. The van der Waals surface area contributed by atoms with Gasteiger partial charge in [0.15, 0.2) is 0 Å². The number of amides is 9. The Hall–Kier alpha value is -6.03. The van der Waals surface area contributed by atoms with E-state index in [0.29, 0.717) is 6.42 Å². The molecular weight excluding hydrogens is 967 g/mol. The van der Waals surface area contributed by atoms with Gasteiger partial charge in [0.25, 0.3) is 0 Å². The van der Waals surface area contributed by atoms with E-state index in [1.54, 1.807) is 0 Å². The molecule has 0 radical (unpaired) electrons. The number of unbranched alkanes of at least 4 members (excludes halogenated alkanes) is 9. The monoisotopic (exact) mass is 1050 g/mol. The van der Waals surface area contributed by atoms with Crippen molar-refractivity contribution in [2.24, 2.45) is 11.7 Å². The molecule has 418 valence electrons. The number of aliphatic hydroxyl groups is 5. The lowest BCUT2D eigenvalue weighted by Gasteiger charge is -2.26. The molecule has 0 rings (SSSR count). The van der Waals surface area contributed by atoms with E-state index < -0.39 is 178 Å². The number of hydrogen-bond acceptors (Lipinski definition) is 16. The van der Waals surface area contributed by atoms with Gasteiger partial charge in [-0.15, -0.1) is 0 Å². The van der Waals surface area contributed by atoms with Gasteiger partial charge < -0.3 is 84.0 Å². The summed E-state index contributed by atoms with van der Waals surface area (Å²) in [6.45, 7) is 2.97. The van der Waals surface area contributed by atoms with Crippen molar-refractivity contribution in [3.05, 3.63) is 0 Å². The normalized spacial score (nSPS) is 15.2. The molecule has 10 atom stereocenters. The first-order valence-electron chi connectivity index (χ1n) is 24.7. The molecule has 2 unspecified atom stereocenters. The number of carboxylic acid groups (broad SMARTS) is 2. The first kappa shape index (κ1) is 67.0. The maximum absolute atomic E-state index is 13.4. The van der Waals surface area contributed by atoms with Gasteiger partial charge in [-0.3, -0.25) is 47.9 Å². The standard InChI is InChI=1S/C46H81N9O18/c1-5-6-7-8-9-10-11-12-13-14-15-26(2)34(60)23-36(62)49-27(3)40(66)51-30(18-20-56)42(68)52-29(16-17-38(64)65)41(67)48-24-37(63)50-33(25-58)44(70)54-32(22-35(47)61)43(69)55-39(28(4)59)45(71)53-31(19-21-57)46(72)73/h26-34,39,56-60H,5-25H2,1-4H3,(H2,47,61)(H,48,67)(H,49,62)(H,50,63)(H,51,66)(H,52,68)(H,53,71)(H,54,70)(H,55,69)(H,64,65)(H,72,73)/t26?,27-,28+,29-,30-,31-,32-,33-,34?,39-/m0/s1. The lowest BCUT2D eigenvalue weighted by molar-refractivity contribution is -0.143. The number of nitrogens with two attached hydrogens (primary N) is 1. The molecule has 0 bridgehead atoms. The number of aliphatic carboxylic acids is 2. The van der Waals surface area contributed by atoms with Gasteiger partial charge in [-0.05, 0) is 39.0 Å². The zero-order chi connectivity index (χ0) is 55.6. The number of carbonyl (C=O) groups is 11. The lowest BCUT2D eigenvalue weighted by atomic mass is 9.94. The van der Waals surface area contributed by atoms with Crippen LogP contribution < -0.4 is 48.3 Å². The predicted octanol–water partition coefficient (Wildman–Crippen LogP) is -3.82. The smallest absolute Gasteiger partial charge is 0.326 e. The Morgan fingerprint density at radius 3 is 1.51 bits per heavy atom. The number of aliphatic hydroxyl groups excluding tert-OH is 5. The van der Waals surface area contributed by atoms with Crippen LogP contribution in [0, 0.1) is 5.92 Å². The molecule has 0 aromatic heterocycles. The Balaban J connectivity index is 5.55. The summed E-state index contributed by atoms with van der Waals surface area (Å²) >= 11 is 0. The van der Waals surface area contributed by atoms with Crippen LogP contribution in [0.5, 0.6) is 0 Å². The average Bonchev–Trinajstić information content (AvgIpc) is 3.31. The number of hydrogen-bond donors (Lipinski definition) is 16. The number of nitrogens with one attached hydrogen (secondary N) is 8. The van der Waals surface area contributed by atoms with Crippen molar-refractivity contribution in [2.45, 2.75) is 191 Å². The summed E-state index contributed by atoms with van der Waals surface area (Å²) in [6, 6.07) is -11.7. The molecule has 0 aliphatic heterocycles. The van der Waals surface area contributed by atoms with Gasteiger partial charge in [0, 0.05) is 26.1 Å². The number of rotatable bonds is 41. The van der Waals surface area contributed by atoms with Crippen molar-refractivity contribution in [3.63, 3.8) is 0 Å². The molecule has 17 N–H and O–H groups in total. The van der Waals surface area contributed by atoms with Crippen molar-refractivity contribution in [3.8, 4) is 0 Å². The molecule has 27 nitrogen and oxygen atoms in total. The summed E-state index contributed by atoms with van der Waals surface area (Å²) in [4.78, 5) is 139. The van der Waals surface area contributed by atoms with Crippen LogP contribution in [-0.2, 0) is 52.7 Å². The second-order valence-electron chi connectivity index (χ2n) is 18.0. The number of carbonyl (C=O) groups excluding carboxylic acids is 9. The highest BCUT2D eigenvalue weighted by molar-refractivity contribution is 5.98. The predicted molar refractivity (Wildman–Crippen MR) is 259 cm³/mol. The fourth-order valence-corrected chi connectivity index (χ4v) is 7.13. The first-order valence-corrected chi connectivity index (χ1v) is 24.7. The number of carboxylic acids is 2. The largest absolute Gasteiger partial charge is 0.481 e. The fraction of sp³-hybridized carbons (Fsp3) is 0.761. The van der Waals surface area contributed by atoms with Gasteiger partial charge >= 0.3 is 11.9 Å². The van der Waals surface area contributed by atoms with Crippen LogP contribution in [0.4, 0.5) is 0 Å². The summed E-state index contributed by atoms with van der Waals surface area (Å²) in [5.41, 5.74) is 5.21. The fourth-order valence-electron chi connectivity index (χ4n) is 7.13. The molecule has 0 aromatic carbocycles. The maximum atomic E-state index is 13.4. The maximum Gasteiger partial charge on any atom is 0.326 e. The van der Waals surface area contributed by atoms with Crippen LogP contribution in [0.1, 0.15) is 137 Å².